The molecule has 1 aliphatic heterocycles. The first kappa shape index (κ1) is 18.4. The number of hydrogen-bond acceptors (Lipinski definition) is 7. The van der Waals surface area contributed by atoms with Crippen LogP contribution in [0.2, 0.25) is 0 Å². The highest BCUT2D eigenvalue weighted by Gasteiger charge is 2.23. The lowest BCUT2D eigenvalue weighted by Gasteiger charge is -2.33. The smallest absolute Gasteiger partial charge is 0.161 e. The first-order chi connectivity index (χ1) is 13.8. The topological polar surface area (TPSA) is 69.6 Å². The van der Waals surface area contributed by atoms with Crippen LogP contribution in [0, 0.1) is 0 Å². The molecule has 1 aliphatic rings. The van der Waals surface area contributed by atoms with Crippen molar-refractivity contribution in [3.8, 4) is 11.5 Å². The maximum Gasteiger partial charge on any atom is 0.161 e. The van der Waals surface area contributed by atoms with Gasteiger partial charge in [-0.25, -0.2) is 0 Å². The van der Waals surface area contributed by atoms with Gasteiger partial charge < -0.3 is 19.1 Å². The minimum absolute atomic E-state index is 0.252. The van der Waals surface area contributed by atoms with Crippen molar-refractivity contribution in [2.45, 2.75) is 25.6 Å². The second kappa shape index (κ2) is 8.39. The third-order valence-electron chi connectivity index (χ3n) is 5.12. The Morgan fingerprint density at radius 1 is 1.04 bits per heavy atom. The molecule has 7 nitrogen and oxygen atoms in total. The Kier molecular flexibility index (Phi) is 5.53. The van der Waals surface area contributed by atoms with E-state index in [1.54, 1.807) is 32.8 Å². The van der Waals surface area contributed by atoms with Crippen LogP contribution in [-0.2, 0) is 11.3 Å². The summed E-state index contributed by atoms with van der Waals surface area (Å²) in [6.45, 7) is 2.38. The molecule has 0 N–H and O–H groups in total. The van der Waals surface area contributed by atoms with Crippen LogP contribution >= 0.6 is 0 Å². The Hall–Kier alpha value is -2.93. The summed E-state index contributed by atoms with van der Waals surface area (Å²) in [5, 5.41) is 10.6. The highest BCUT2D eigenvalue weighted by molar-refractivity contribution is 5.94. The van der Waals surface area contributed by atoms with E-state index >= 15 is 0 Å². The lowest BCUT2D eigenvalue weighted by atomic mass is 10.1. The molecule has 0 unspecified atom stereocenters. The van der Waals surface area contributed by atoms with Crippen molar-refractivity contribution in [3.63, 3.8) is 0 Å². The summed E-state index contributed by atoms with van der Waals surface area (Å²) in [5.74, 6) is 2.27. The molecule has 4 rings (SSSR count). The maximum atomic E-state index is 6.08. The molecule has 0 atom stereocenters. The zero-order valence-corrected chi connectivity index (χ0v) is 16.2. The summed E-state index contributed by atoms with van der Waals surface area (Å²) < 4.78 is 16.9. The summed E-state index contributed by atoms with van der Waals surface area (Å²) in [6.07, 6.45) is 7.51. The van der Waals surface area contributed by atoms with E-state index in [4.69, 9.17) is 14.2 Å². The number of fused-ring (bicyclic) bond motifs is 1. The summed E-state index contributed by atoms with van der Waals surface area (Å²) >= 11 is 0. The standard InChI is InChI=1S/C21H24N4O3/c1-26-19-11-16-13-23-24-21(18(16)12-20(19)27-2)25-9-5-17(6-10-25)28-14-15-3-7-22-8-4-15/h3-4,7-8,11-13,17H,5-6,9-10,14H2,1-2H3. The van der Waals surface area contributed by atoms with Gasteiger partial charge in [0.25, 0.3) is 0 Å². The normalized spacial score (nSPS) is 15.0. The molecule has 0 bridgehead atoms. The van der Waals surface area contributed by atoms with Crippen molar-refractivity contribution in [2.75, 3.05) is 32.2 Å². The first-order valence-corrected chi connectivity index (χ1v) is 9.41. The molecule has 146 valence electrons. The molecule has 0 saturated carbocycles. The van der Waals surface area contributed by atoms with Crippen LogP contribution in [0.3, 0.4) is 0 Å². The number of piperidine rings is 1. The molecule has 28 heavy (non-hydrogen) atoms. The van der Waals surface area contributed by atoms with Gasteiger partial charge in [-0.3, -0.25) is 4.98 Å². The van der Waals surface area contributed by atoms with E-state index in [0.717, 1.165) is 48.1 Å². The lowest BCUT2D eigenvalue weighted by Crippen LogP contribution is -2.37. The quantitative estimate of drug-likeness (QED) is 0.650. The molecule has 1 fully saturated rings. The predicted molar refractivity (Wildman–Crippen MR) is 107 cm³/mol. The van der Waals surface area contributed by atoms with Crippen molar-refractivity contribution in [3.05, 3.63) is 48.4 Å². The molecule has 0 amide bonds. The number of anilines is 1. The molecule has 1 saturated heterocycles. The highest BCUT2D eigenvalue weighted by Crippen LogP contribution is 2.35. The summed E-state index contributed by atoms with van der Waals surface area (Å²) in [4.78, 5) is 6.31. The van der Waals surface area contributed by atoms with Gasteiger partial charge in [-0.2, -0.15) is 5.10 Å². The monoisotopic (exact) mass is 380 g/mol. The van der Waals surface area contributed by atoms with Gasteiger partial charge in [0.05, 0.1) is 33.1 Å². The number of methoxy groups -OCH3 is 2. The van der Waals surface area contributed by atoms with E-state index < -0.39 is 0 Å². The number of rotatable bonds is 6. The molecular weight excluding hydrogens is 356 g/mol. The Morgan fingerprint density at radius 2 is 1.75 bits per heavy atom. The zero-order valence-electron chi connectivity index (χ0n) is 16.2. The number of aromatic nitrogens is 3. The molecule has 7 heteroatoms. The van der Waals surface area contributed by atoms with Gasteiger partial charge in [-0.1, -0.05) is 0 Å². The maximum absolute atomic E-state index is 6.08. The van der Waals surface area contributed by atoms with E-state index in [9.17, 15) is 0 Å². The van der Waals surface area contributed by atoms with Crippen molar-refractivity contribution in [1.29, 1.82) is 0 Å². The van der Waals surface area contributed by atoms with Gasteiger partial charge >= 0.3 is 0 Å². The van der Waals surface area contributed by atoms with Crippen LogP contribution < -0.4 is 14.4 Å². The largest absolute Gasteiger partial charge is 0.493 e. The Balaban J connectivity index is 1.46. The highest BCUT2D eigenvalue weighted by atomic mass is 16.5. The number of ether oxygens (including phenoxy) is 3. The van der Waals surface area contributed by atoms with Gasteiger partial charge in [-0.15, -0.1) is 5.10 Å². The molecule has 3 aromatic rings. The molecule has 2 aromatic heterocycles. The third kappa shape index (κ3) is 3.84. The van der Waals surface area contributed by atoms with Gasteiger partial charge in [0.2, 0.25) is 0 Å². The number of nitrogens with zero attached hydrogens (tertiary/aromatic N) is 4. The van der Waals surface area contributed by atoms with E-state index in [0.29, 0.717) is 18.1 Å². The van der Waals surface area contributed by atoms with E-state index in [-0.39, 0.29) is 6.10 Å². The number of benzene rings is 1. The van der Waals surface area contributed by atoms with Crippen LogP contribution in [-0.4, -0.2) is 48.6 Å². The molecule has 0 spiro atoms. The Bertz CT molecular complexity index is 928. The molecular formula is C21H24N4O3. The number of pyridine rings is 1. The zero-order chi connectivity index (χ0) is 19.3. The molecule has 3 heterocycles. The van der Waals surface area contributed by atoms with E-state index in [2.05, 4.69) is 20.1 Å². The van der Waals surface area contributed by atoms with E-state index in [1.807, 2.05) is 24.3 Å². The van der Waals surface area contributed by atoms with Crippen LogP contribution in [0.5, 0.6) is 11.5 Å². The molecule has 0 radical (unpaired) electrons. The molecule has 1 aromatic carbocycles. The van der Waals surface area contributed by atoms with E-state index in [1.165, 1.54) is 0 Å². The van der Waals surface area contributed by atoms with Crippen molar-refractivity contribution >= 4 is 16.6 Å². The van der Waals surface area contributed by atoms with Gasteiger partial charge in [0.1, 0.15) is 0 Å². The fourth-order valence-corrected chi connectivity index (χ4v) is 3.56. The average molecular weight is 380 g/mol. The van der Waals surface area contributed by atoms with Crippen LogP contribution in [0.15, 0.2) is 42.9 Å². The van der Waals surface area contributed by atoms with Crippen LogP contribution in [0.4, 0.5) is 5.82 Å². The van der Waals surface area contributed by atoms with Gasteiger partial charge in [0.15, 0.2) is 17.3 Å². The number of hydrogen-bond donors (Lipinski definition) is 0. The third-order valence-corrected chi connectivity index (χ3v) is 5.12. The Labute approximate surface area is 164 Å². The van der Waals surface area contributed by atoms with Gasteiger partial charge in [-0.05, 0) is 42.7 Å². The minimum atomic E-state index is 0.252. The van der Waals surface area contributed by atoms with Crippen molar-refractivity contribution in [2.24, 2.45) is 0 Å². The second-order valence-electron chi connectivity index (χ2n) is 6.82. The SMILES string of the molecule is COc1cc2cnnc(N3CCC(OCc4ccncc4)CC3)c2cc1OC. The summed E-state index contributed by atoms with van der Waals surface area (Å²) in [7, 11) is 3.28. The minimum Gasteiger partial charge on any atom is -0.493 e. The second-order valence-corrected chi connectivity index (χ2v) is 6.82. The summed E-state index contributed by atoms with van der Waals surface area (Å²) in [6, 6.07) is 7.89. The fourth-order valence-electron chi connectivity index (χ4n) is 3.56. The van der Waals surface area contributed by atoms with Crippen LogP contribution in [0.1, 0.15) is 18.4 Å². The van der Waals surface area contributed by atoms with Crippen molar-refractivity contribution in [1.82, 2.24) is 15.2 Å². The fraction of sp³-hybridized carbons (Fsp3) is 0.381. The molecule has 0 aliphatic carbocycles. The summed E-state index contributed by atoms with van der Waals surface area (Å²) in [5.41, 5.74) is 1.15. The lowest BCUT2D eigenvalue weighted by molar-refractivity contribution is 0.0250. The average Bonchev–Trinajstić information content (AvgIpc) is 2.77. The van der Waals surface area contributed by atoms with Crippen molar-refractivity contribution < 1.29 is 14.2 Å². The van der Waals surface area contributed by atoms with Gasteiger partial charge in [0, 0.05) is 36.3 Å². The first-order valence-electron chi connectivity index (χ1n) is 9.41. The predicted octanol–water partition coefficient (Wildman–Crippen LogP) is 3.23. The van der Waals surface area contributed by atoms with Crippen LogP contribution in [0.25, 0.3) is 10.8 Å². The Morgan fingerprint density at radius 3 is 2.46 bits per heavy atom.